The molecule has 7 heteroatoms. The number of nitro groups is 1. The number of hydrogen-bond donors (Lipinski definition) is 0. The Bertz CT molecular complexity index is 378. The van der Waals surface area contributed by atoms with Crippen molar-refractivity contribution in [1.29, 1.82) is 0 Å². The molecule has 0 bridgehead atoms. The Hall–Kier alpha value is -0.860. The molecule has 0 atom stereocenters. The average molecular weight is 317 g/mol. The van der Waals surface area contributed by atoms with Gasteiger partial charge in [-0.3, -0.25) is 10.1 Å². The van der Waals surface area contributed by atoms with Gasteiger partial charge in [0.05, 0.1) is 4.92 Å². The van der Waals surface area contributed by atoms with Crippen molar-refractivity contribution < 1.29 is 18.1 Å². The molecule has 1 aromatic rings. The van der Waals surface area contributed by atoms with Crippen LogP contribution >= 0.6 is 22.6 Å². The Morgan fingerprint density at radius 3 is 2.36 bits per heavy atom. The molecule has 0 radical (unpaired) electrons. The summed E-state index contributed by atoms with van der Waals surface area (Å²) in [5, 5.41) is 10.3. The second kappa shape index (κ2) is 3.71. The van der Waals surface area contributed by atoms with Crippen molar-refractivity contribution in [3.05, 3.63) is 37.4 Å². The highest BCUT2D eigenvalue weighted by molar-refractivity contribution is 14.1. The van der Waals surface area contributed by atoms with E-state index < -0.39 is 22.4 Å². The van der Waals surface area contributed by atoms with Crippen molar-refractivity contribution in [3.8, 4) is 0 Å². The van der Waals surface area contributed by atoms with E-state index >= 15 is 0 Å². The maximum atomic E-state index is 12.3. The number of nitrogens with zero attached hydrogens (tertiary/aromatic N) is 1. The lowest BCUT2D eigenvalue weighted by Gasteiger charge is -2.07. The number of alkyl halides is 3. The number of hydrogen-bond acceptors (Lipinski definition) is 2. The first-order chi connectivity index (χ1) is 6.32. The van der Waals surface area contributed by atoms with Gasteiger partial charge in [0.15, 0.2) is 0 Å². The van der Waals surface area contributed by atoms with Gasteiger partial charge < -0.3 is 0 Å². The Labute approximate surface area is 90.2 Å². The molecule has 0 unspecified atom stereocenters. The first-order valence-corrected chi connectivity index (χ1v) is 4.41. The monoisotopic (exact) mass is 317 g/mol. The molecule has 0 aliphatic rings. The molecule has 1 aromatic carbocycles. The Morgan fingerprint density at radius 2 is 1.93 bits per heavy atom. The summed E-state index contributed by atoms with van der Waals surface area (Å²) < 4.78 is 37.1. The van der Waals surface area contributed by atoms with E-state index in [2.05, 4.69) is 0 Å². The van der Waals surface area contributed by atoms with Crippen LogP contribution in [-0.2, 0) is 6.18 Å². The van der Waals surface area contributed by atoms with E-state index in [9.17, 15) is 23.3 Å². The summed E-state index contributed by atoms with van der Waals surface area (Å²) in [6.45, 7) is 0. The summed E-state index contributed by atoms with van der Waals surface area (Å²) in [5.41, 5.74) is -2.13. The van der Waals surface area contributed by atoms with Crippen LogP contribution in [0.2, 0.25) is 0 Å². The molecule has 76 valence electrons. The summed E-state index contributed by atoms with van der Waals surface area (Å²) in [4.78, 5) is 9.24. The van der Waals surface area contributed by atoms with Gasteiger partial charge in [-0.2, -0.15) is 13.2 Å². The van der Waals surface area contributed by atoms with Crippen LogP contribution in [0, 0.1) is 13.7 Å². The van der Waals surface area contributed by atoms with Crippen molar-refractivity contribution in [2.24, 2.45) is 0 Å². The lowest BCUT2D eigenvalue weighted by Crippen LogP contribution is -2.09. The van der Waals surface area contributed by atoms with Gasteiger partial charge in [-0.05, 0) is 34.7 Å². The van der Waals surface area contributed by atoms with Crippen LogP contribution in [0.4, 0.5) is 18.9 Å². The van der Waals surface area contributed by atoms with Crippen LogP contribution in [-0.4, -0.2) is 4.92 Å². The van der Waals surface area contributed by atoms with Gasteiger partial charge in [0.1, 0.15) is 5.56 Å². The first-order valence-electron chi connectivity index (χ1n) is 3.33. The molecular formula is C7H3F3INO2. The van der Waals surface area contributed by atoms with Crippen molar-refractivity contribution in [2.75, 3.05) is 0 Å². The van der Waals surface area contributed by atoms with Crippen LogP contribution in [0.25, 0.3) is 0 Å². The van der Waals surface area contributed by atoms with Gasteiger partial charge >= 0.3 is 6.18 Å². The van der Waals surface area contributed by atoms with Crippen molar-refractivity contribution in [2.45, 2.75) is 6.18 Å². The number of nitro benzene ring substituents is 1. The quantitative estimate of drug-likeness (QED) is 0.453. The summed E-state index contributed by atoms with van der Waals surface area (Å²) in [7, 11) is 0. The minimum Gasteiger partial charge on any atom is -0.258 e. The molecule has 0 aliphatic carbocycles. The third-order valence-corrected chi connectivity index (χ3v) is 2.13. The fraction of sp³-hybridized carbons (Fsp3) is 0.143. The lowest BCUT2D eigenvalue weighted by atomic mass is 10.2. The van der Waals surface area contributed by atoms with Crippen molar-refractivity contribution in [3.63, 3.8) is 0 Å². The molecule has 0 aliphatic heterocycles. The van der Waals surface area contributed by atoms with Gasteiger partial charge in [-0.1, -0.05) is 0 Å². The maximum absolute atomic E-state index is 12.3. The largest absolute Gasteiger partial charge is 0.423 e. The zero-order valence-corrected chi connectivity index (χ0v) is 8.67. The molecular weight excluding hydrogens is 314 g/mol. The molecule has 0 aromatic heterocycles. The van der Waals surface area contributed by atoms with Gasteiger partial charge in [-0.15, -0.1) is 0 Å². The summed E-state index contributed by atoms with van der Waals surface area (Å²) in [6.07, 6.45) is -4.69. The fourth-order valence-electron chi connectivity index (χ4n) is 0.895. The Kier molecular flexibility index (Phi) is 2.98. The highest BCUT2D eigenvalue weighted by atomic mass is 127. The summed E-state index contributed by atoms with van der Waals surface area (Å²) in [5.74, 6) is 0. The zero-order valence-electron chi connectivity index (χ0n) is 6.51. The first kappa shape index (κ1) is 11.2. The molecule has 0 N–H and O–H groups in total. The van der Waals surface area contributed by atoms with Crippen LogP contribution < -0.4 is 0 Å². The molecule has 0 amide bonds. The highest BCUT2D eigenvalue weighted by Gasteiger charge is 2.38. The second-order valence-corrected chi connectivity index (χ2v) is 3.66. The SMILES string of the molecule is O=[N+]([O-])c1ccc(I)cc1C(F)(F)F. The molecule has 0 heterocycles. The van der Waals surface area contributed by atoms with Gasteiger partial charge in [-0.25, -0.2) is 0 Å². The van der Waals surface area contributed by atoms with E-state index in [4.69, 9.17) is 0 Å². The van der Waals surface area contributed by atoms with Gasteiger partial charge in [0.2, 0.25) is 0 Å². The fourth-order valence-corrected chi connectivity index (χ4v) is 1.39. The summed E-state index contributed by atoms with van der Waals surface area (Å²) in [6, 6.07) is 2.86. The molecule has 14 heavy (non-hydrogen) atoms. The highest BCUT2D eigenvalue weighted by Crippen LogP contribution is 2.36. The van der Waals surface area contributed by atoms with Crippen molar-refractivity contribution in [1.82, 2.24) is 0 Å². The molecule has 0 saturated carbocycles. The van der Waals surface area contributed by atoms with Crippen LogP contribution in [0.1, 0.15) is 5.56 Å². The third-order valence-electron chi connectivity index (χ3n) is 1.46. The van der Waals surface area contributed by atoms with Crippen LogP contribution in [0.3, 0.4) is 0 Å². The Morgan fingerprint density at radius 1 is 1.36 bits per heavy atom. The third kappa shape index (κ3) is 2.34. The maximum Gasteiger partial charge on any atom is 0.423 e. The normalized spacial score (nSPS) is 11.4. The number of rotatable bonds is 1. The predicted molar refractivity (Wildman–Crippen MR) is 50.8 cm³/mol. The average Bonchev–Trinajstić information content (AvgIpc) is 2.01. The molecule has 1 rings (SSSR count). The molecule has 0 saturated heterocycles. The van der Waals surface area contributed by atoms with E-state index in [1.54, 1.807) is 22.6 Å². The molecule has 0 spiro atoms. The molecule has 3 nitrogen and oxygen atoms in total. The smallest absolute Gasteiger partial charge is 0.258 e. The van der Waals surface area contributed by atoms with Gasteiger partial charge in [0, 0.05) is 9.64 Å². The van der Waals surface area contributed by atoms with Crippen molar-refractivity contribution >= 4 is 28.3 Å². The van der Waals surface area contributed by atoms with E-state index in [0.29, 0.717) is 3.57 Å². The van der Waals surface area contributed by atoms with Crippen LogP contribution in [0.5, 0.6) is 0 Å². The summed E-state index contributed by atoms with van der Waals surface area (Å²) >= 11 is 1.66. The van der Waals surface area contributed by atoms with E-state index in [-0.39, 0.29) is 0 Å². The van der Waals surface area contributed by atoms with E-state index in [1.807, 2.05) is 0 Å². The Balaban J connectivity index is 3.38. The zero-order chi connectivity index (χ0) is 10.9. The number of benzene rings is 1. The van der Waals surface area contributed by atoms with E-state index in [1.165, 1.54) is 6.07 Å². The minimum atomic E-state index is -4.69. The number of halogens is 4. The second-order valence-electron chi connectivity index (χ2n) is 2.42. The minimum absolute atomic E-state index is 0.306. The van der Waals surface area contributed by atoms with Gasteiger partial charge in [0.25, 0.3) is 5.69 Å². The standard InChI is InChI=1S/C7H3F3INO2/c8-7(9,10)5-3-4(11)1-2-6(5)12(13)14/h1-3H. The molecule has 0 fully saturated rings. The van der Waals surface area contributed by atoms with E-state index in [0.717, 1.165) is 12.1 Å². The van der Waals surface area contributed by atoms with Crippen LogP contribution in [0.15, 0.2) is 18.2 Å². The predicted octanol–water partition coefficient (Wildman–Crippen LogP) is 3.22. The lowest BCUT2D eigenvalue weighted by molar-refractivity contribution is -0.388. The topological polar surface area (TPSA) is 43.1 Å².